The summed E-state index contributed by atoms with van der Waals surface area (Å²) in [5.74, 6) is -0.314. The van der Waals surface area contributed by atoms with Crippen LogP contribution in [0, 0.1) is 6.92 Å². The molecule has 1 unspecified atom stereocenters. The van der Waals surface area contributed by atoms with Gasteiger partial charge in [0, 0.05) is 12.7 Å². The maximum atomic E-state index is 11.0. The molecule has 1 heterocycles. The van der Waals surface area contributed by atoms with Gasteiger partial charge in [0.15, 0.2) is 0 Å². The summed E-state index contributed by atoms with van der Waals surface area (Å²) in [6, 6.07) is 3.62. The molecule has 1 aromatic rings. The summed E-state index contributed by atoms with van der Waals surface area (Å²) in [4.78, 5) is 15.2. The molecule has 0 aliphatic carbocycles. The van der Waals surface area contributed by atoms with E-state index in [0.29, 0.717) is 13.0 Å². The van der Waals surface area contributed by atoms with E-state index in [2.05, 4.69) is 10.3 Å². The standard InChI is InChI=1S/C11H17N3O/c1-3-9(11(12)15)14-7-10-8(2)5-4-6-13-10/h4-6,9,14H,3,7H2,1-2H3,(H2,12,15). The molecular formula is C11H17N3O. The predicted molar refractivity (Wildman–Crippen MR) is 59.1 cm³/mol. The Balaban J connectivity index is 2.56. The van der Waals surface area contributed by atoms with Crippen molar-refractivity contribution in [1.29, 1.82) is 0 Å². The Bertz CT molecular complexity index is 338. The van der Waals surface area contributed by atoms with Gasteiger partial charge in [-0.15, -0.1) is 0 Å². The van der Waals surface area contributed by atoms with Gasteiger partial charge in [-0.2, -0.15) is 0 Å². The van der Waals surface area contributed by atoms with Crippen LogP contribution in [0.2, 0.25) is 0 Å². The number of carbonyl (C=O) groups excluding carboxylic acids is 1. The van der Waals surface area contributed by atoms with Crippen molar-refractivity contribution in [3.8, 4) is 0 Å². The van der Waals surface area contributed by atoms with E-state index in [1.165, 1.54) is 0 Å². The van der Waals surface area contributed by atoms with Crippen molar-refractivity contribution in [2.24, 2.45) is 5.73 Å². The topological polar surface area (TPSA) is 68.0 Å². The molecule has 1 rings (SSSR count). The first-order valence-corrected chi connectivity index (χ1v) is 5.08. The lowest BCUT2D eigenvalue weighted by Crippen LogP contribution is -2.40. The van der Waals surface area contributed by atoms with Crippen LogP contribution >= 0.6 is 0 Å². The molecule has 1 aromatic heterocycles. The second-order valence-corrected chi connectivity index (χ2v) is 3.51. The number of aryl methyl sites for hydroxylation is 1. The molecule has 0 aliphatic rings. The molecule has 0 bridgehead atoms. The lowest BCUT2D eigenvalue weighted by molar-refractivity contribution is -0.120. The van der Waals surface area contributed by atoms with Gasteiger partial charge in [-0.05, 0) is 25.0 Å². The van der Waals surface area contributed by atoms with Gasteiger partial charge in [-0.3, -0.25) is 9.78 Å². The van der Waals surface area contributed by atoms with E-state index in [4.69, 9.17) is 5.73 Å². The third-order valence-electron chi connectivity index (χ3n) is 2.39. The highest BCUT2D eigenvalue weighted by atomic mass is 16.1. The van der Waals surface area contributed by atoms with E-state index in [1.807, 2.05) is 26.0 Å². The molecule has 15 heavy (non-hydrogen) atoms. The molecule has 0 saturated carbocycles. The van der Waals surface area contributed by atoms with Crippen LogP contribution < -0.4 is 11.1 Å². The minimum atomic E-state index is -0.314. The third-order valence-corrected chi connectivity index (χ3v) is 2.39. The fourth-order valence-corrected chi connectivity index (χ4v) is 1.37. The average molecular weight is 207 g/mol. The molecule has 0 fully saturated rings. The van der Waals surface area contributed by atoms with Gasteiger partial charge >= 0.3 is 0 Å². The number of hydrogen-bond donors (Lipinski definition) is 2. The van der Waals surface area contributed by atoms with E-state index in [1.54, 1.807) is 6.20 Å². The number of hydrogen-bond acceptors (Lipinski definition) is 3. The lowest BCUT2D eigenvalue weighted by Gasteiger charge is -2.13. The summed E-state index contributed by atoms with van der Waals surface area (Å²) in [5, 5.41) is 3.09. The fourth-order valence-electron chi connectivity index (χ4n) is 1.37. The molecule has 4 nitrogen and oxygen atoms in total. The number of aromatic nitrogens is 1. The molecule has 0 aromatic carbocycles. The van der Waals surface area contributed by atoms with Crippen LogP contribution in [0.15, 0.2) is 18.3 Å². The summed E-state index contributed by atoms with van der Waals surface area (Å²) in [6.45, 7) is 4.50. The number of nitrogens with one attached hydrogen (secondary N) is 1. The first kappa shape index (κ1) is 11.7. The zero-order valence-corrected chi connectivity index (χ0v) is 9.16. The van der Waals surface area contributed by atoms with Crippen LogP contribution in [0.4, 0.5) is 0 Å². The number of pyridine rings is 1. The summed E-state index contributed by atoms with van der Waals surface area (Å²) in [5.41, 5.74) is 7.30. The molecule has 4 heteroatoms. The van der Waals surface area contributed by atoms with Gasteiger partial charge < -0.3 is 11.1 Å². The van der Waals surface area contributed by atoms with E-state index in [9.17, 15) is 4.79 Å². The van der Waals surface area contributed by atoms with E-state index < -0.39 is 0 Å². The highest BCUT2D eigenvalue weighted by Crippen LogP contribution is 2.03. The van der Waals surface area contributed by atoms with Crippen LogP contribution in [0.3, 0.4) is 0 Å². The highest BCUT2D eigenvalue weighted by Gasteiger charge is 2.12. The first-order valence-electron chi connectivity index (χ1n) is 5.08. The second-order valence-electron chi connectivity index (χ2n) is 3.51. The molecule has 0 aliphatic heterocycles. The average Bonchev–Trinajstić information content (AvgIpc) is 2.21. The quantitative estimate of drug-likeness (QED) is 0.748. The minimum Gasteiger partial charge on any atom is -0.368 e. The number of nitrogens with two attached hydrogens (primary N) is 1. The predicted octanol–water partition coefficient (Wildman–Crippen LogP) is 0.744. The Hall–Kier alpha value is -1.42. The van der Waals surface area contributed by atoms with E-state index >= 15 is 0 Å². The van der Waals surface area contributed by atoms with Crippen molar-refractivity contribution in [3.63, 3.8) is 0 Å². The van der Waals surface area contributed by atoms with Crippen molar-refractivity contribution in [1.82, 2.24) is 10.3 Å². The van der Waals surface area contributed by atoms with Crippen molar-refractivity contribution in [2.45, 2.75) is 32.9 Å². The fraction of sp³-hybridized carbons (Fsp3) is 0.455. The lowest BCUT2D eigenvalue weighted by atomic mass is 10.2. The van der Waals surface area contributed by atoms with Gasteiger partial charge in [-0.25, -0.2) is 0 Å². The maximum Gasteiger partial charge on any atom is 0.234 e. The summed E-state index contributed by atoms with van der Waals surface area (Å²) < 4.78 is 0. The monoisotopic (exact) mass is 207 g/mol. The highest BCUT2D eigenvalue weighted by molar-refractivity contribution is 5.79. The van der Waals surface area contributed by atoms with Crippen LogP contribution in [0.25, 0.3) is 0 Å². The maximum absolute atomic E-state index is 11.0. The van der Waals surface area contributed by atoms with Gasteiger partial charge in [0.2, 0.25) is 5.91 Å². The number of nitrogens with zero attached hydrogens (tertiary/aromatic N) is 1. The molecule has 0 spiro atoms. The van der Waals surface area contributed by atoms with Crippen molar-refractivity contribution < 1.29 is 4.79 Å². The molecule has 1 atom stereocenters. The third kappa shape index (κ3) is 3.32. The molecule has 3 N–H and O–H groups in total. The number of carbonyl (C=O) groups is 1. The Labute approximate surface area is 89.9 Å². The Morgan fingerprint density at radius 3 is 2.93 bits per heavy atom. The summed E-state index contributed by atoms with van der Waals surface area (Å²) >= 11 is 0. The molecule has 0 radical (unpaired) electrons. The van der Waals surface area contributed by atoms with Crippen molar-refractivity contribution in [2.75, 3.05) is 0 Å². The number of rotatable bonds is 5. The van der Waals surface area contributed by atoms with E-state index in [0.717, 1.165) is 11.3 Å². The van der Waals surface area contributed by atoms with Crippen LogP contribution in [0.5, 0.6) is 0 Å². The van der Waals surface area contributed by atoms with Crippen LogP contribution in [-0.2, 0) is 11.3 Å². The van der Waals surface area contributed by atoms with Crippen molar-refractivity contribution in [3.05, 3.63) is 29.6 Å². The van der Waals surface area contributed by atoms with Crippen LogP contribution in [-0.4, -0.2) is 16.9 Å². The first-order chi connectivity index (χ1) is 7.15. The zero-order chi connectivity index (χ0) is 11.3. The molecule has 0 saturated heterocycles. The van der Waals surface area contributed by atoms with Crippen molar-refractivity contribution >= 4 is 5.91 Å². The minimum absolute atomic E-state index is 0.272. The smallest absolute Gasteiger partial charge is 0.234 e. The Morgan fingerprint density at radius 2 is 2.40 bits per heavy atom. The summed E-state index contributed by atoms with van der Waals surface area (Å²) in [7, 11) is 0. The molecule has 1 amide bonds. The van der Waals surface area contributed by atoms with E-state index in [-0.39, 0.29) is 11.9 Å². The summed E-state index contributed by atoms with van der Waals surface area (Å²) in [6.07, 6.45) is 2.44. The normalized spacial score (nSPS) is 12.4. The number of amides is 1. The Morgan fingerprint density at radius 1 is 1.67 bits per heavy atom. The second kappa shape index (κ2) is 5.46. The van der Waals surface area contributed by atoms with Gasteiger partial charge in [0.25, 0.3) is 0 Å². The Kier molecular flexibility index (Phi) is 4.24. The van der Waals surface area contributed by atoms with Gasteiger partial charge in [0.1, 0.15) is 0 Å². The molecular weight excluding hydrogens is 190 g/mol. The van der Waals surface area contributed by atoms with Gasteiger partial charge in [0.05, 0.1) is 11.7 Å². The number of primary amides is 1. The van der Waals surface area contributed by atoms with Gasteiger partial charge in [-0.1, -0.05) is 13.0 Å². The SMILES string of the molecule is CCC(NCc1ncccc1C)C(N)=O. The largest absolute Gasteiger partial charge is 0.368 e. The molecule has 82 valence electrons. The zero-order valence-electron chi connectivity index (χ0n) is 9.16. The van der Waals surface area contributed by atoms with Crippen LogP contribution in [0.1, 0.15) is 24.6 Å².